The summed E-state index contributed by atoms with van der Waals surface area (Å²) < 4.78 is 29.2. The van der Waals surface area contributed by atoms with Crippen molar-refractivity contribution in [3.05, 3.63) is 58.6 Å². The number of sulfonamides is 1. The minimum absolute atomic E-state index is 0.145. The Morgan fingerprint density at radius 2 is 1.86 bits per heavy atom. The molecule has 0 aliphatic carbocycles. The SMILES string of the molecule is COc1cccc(C=NNS(=O)(=O)c2ccc(C)cc2)c1Cl. The fourth-order valence-electron chi connectivity index (χ4n) is 1.72. The van der Waals surface area contributed by atoms with E-state index >= 15 is 0 Å². The predicted octanol–water partition coefficient (Wildman–Crippen LogP) is 2.97. The molecule has 0 radical (unpaired) electrons. The summed E-state index contributed by atoms with van der Waals surface area (Å²) in [7, 11) is -2.20. The average molecular weight is 339 g/mol. The van der Waals surface area contributed by atoms with Gasteiger partial charge in [-0.3, -0.25) is 0 Å². The molecule has 0 unspecified atom stereocenters. The second kappa shape index (κ2) is 6.81. The highest BCUT2D eigenvalue weighted by Crippen LogP contribution is 2.26. The van der Waals surface area contributed by atoms with E-state index in [-0.39, 0.29) is 4.90 Å². The van der Waals surface area contributed by atoms with Crippen LogP contribution in [0.15, 0.2) is 52.5 Å². The van der Waals surface area contributed by atoms with Crippen molar-refractivity contribution in [2.75, 3.05) is 7.11 Å². The van der Waals surface area contributed by atoms with Crippen LogP contribution >= 0.6 is 11.6 Å². The maximum atomic E-state index is 12.1. The third-order valence-electron chi connectivity index (χ3n) is 2.92. The molecule has 0 amide bonds. The maximum absolute atomic E-state index is 12.1. The number of aryl methyl sites for hydroxylation is 1. The Morgan fingerprint density at radius 3 is 2.50 bits per heavy atom. The van der Waals surface area contributed by atoms with Crippen LogP contribution < -0.4 is 9.57 Å². The van der Waals surface area contributed by atoms with Gasteiger partial charge in [0.25, 0.3) is 10.0 Å². The molecule has 5 nitrogen and oxygen atoms in total. The minimum Gasteiger partial charge on any atom is -0.495 e. The highest BCUT2D eigenvalue weighted by molar-refractivity contribution is 7.89. The summed E-state index contributed by atoms with van der Waals surface area (Å²) in [6.45, 7) is 1.88. The standard InChI is InChI=1S/C15H15ClN2O3S/c1-11-6-8-13(9-7-11)22(19,20)18-17-10-12-4-3-5-14(21-2)15(12)16/h3-10,18H,1-2H3. The molecule has 0 heterocycles. The van der Waals surface area contributed by atoms with E-state index in [2.05, 4.69) is 9.93 Å². The first-order chi connectivity index (χ1) is 10.4. The van der Waals surface area contributed by atoms with Crippen molar-refractivity contribution in [2.45, 2.75) is 11.8 Å². The Kier molecular flexibility index (Phi) is 5.05. The molecule has 2 rings (SSSR count). The fraction of sp³-hybridized carbons (Fsp3) is 0.133. The zero-order valence-electron chi connectivity index (χ0n) is 12.1. The number of benzene rings is 2. The molecule has 22 heavy (non-hydrogen) atoms. The minimum atomic E-state index is -3.70. The number of hydrogen-bond acceptors (Lipinski definition) is 4. The lowest BCUT2D eigenvalue weighted by molar-refractivity contribution is 0.415. The number of nitrogens with one attached hydrogen (secondary N) is 1. The molecule has 0 atom stereocenters. The van der Waals surface area contributed by atoms with Crippen molar-refractivity contribution in [1.29, 1.82) is 0 Å². The van der Waals surface area contributed by atoms with Gasteiger partial charge in [-0.2, -0.15) is 13.5 Å². The van der Waals surface area contributed by atoms with Crippen LogP contribution in [-0.2, 0) is 10.0 Å². The van der Waals surface area contributed by atoms with E-state index in [4.69, 9.17) is 16.3 Å². The molecular weight excluding hydrogens is 324 g/mol. The summed E-state index contributed by atoms with van der Waals surface area (Å²) in [6, 6.07) is 11.6. The molecule has 0 fully saturated rings. The van der Waals surface area contributed by atoms with Gasteiger partial charge in [0.1, 0.15) is 5.75 Å². The molecule has 7 heteroatoms. The molecular formula is C15H15ClN2O3S. The molecule has 0 aliphatic heterocycles. The van der Waals surface area contributed by atoms with Crippen LogP contribution in [0.5, 0.6) is 5.75 Å². The topological polar surface area (TPSA) is 67.8 Å². The van der Waals surface area contributed by atoms with Crippen molar-refractivity contribution >= 4 is 27.8 Å². The number of rotatable bonds is 5. The van der Waals surface area contributed by atoms with Crippen LogP contribution in [-0.4, -0.2) is 21.7 Å². The smallest absolute Gasteiger partial charge is 0.276 e. The first kappa shape index (κ1) is 16.3. The number of ether oxygens (including phenoxy) is 1. The lowest BCUT2D eigenvalue weighted by atomic mass is 10.2. The van der Waals surface area contributed by atoms with Gasteiger partial charge >= 0.3 is 0 Å². The number of hydrogen-bond donors (Lipinski definition) is 1. The van der Waals surface area contributed by atoms with E-state index in [0.717, 1.165) is 5.56 Å². The molecule has 2 aromatic rings. The first-order valence-electron chi connectivity index (χ1n) is 6.38. The van der Waals surface area contributed by atoms with E-state index in [1.807, 2.05) is 6.92 Å². The molecule has 0 aromatic heterocycles. The monoisotopic (exact) mass is 338 g/mol. The largest absolute Gasteiger partial charge is 0.495 e. The Labute approximate surface area is 134 Å². The number of methoxy groups -OCH3 is 1. The van der Waals surface area contributed by atoms with Gasteiger partial charge in [0, 0.05) is 5.56 Å². The Bertz CT molecular complexity index is 787. The van der Waals surface area contributed by atoms with Gasteiger partial charge in [-0.25, -0.2) is 4.83 Å². The van der Waals surface area contributed by atoms with Crippen LogP contribution in [0, 0.1) is 6.92 Å². The highest BCUT2D eigenvalue weighted by Gasteiger charge is 2.12. The molecule has 1 N–H and O–H groups in total. The highest BCUT2D eigenvalue weighted by atomic mass is 35.5. The molecule has 116 valence electrons. The van der Waals surface area contributed by atoms with Gasteiger partial charge in [-0.15, -0.1) is 0 Å². The lowest BCUT2D eigenvalue weighted by Gasteiger charge is -2.05. The molecule has 0 saturated carbocycles. The number of halogens is 1. The van der Waals surface area contributed by atoms with Gasteiger partial charge < -0.3 is 4.74 Å². The van der Waals surface area contributed by atoms with Crippen LogP contribution in [0.1, 0.15) is 11.1 Å². The predicted molar refractivity (Wildman–Crippen MR) is 87.1 cm³/mol. The zero-order valence-corrected chi connectivity index (χ0v) is 13.6. The molecule has 2 aromatic carbocycles. The Hall–Kier alpha value is -2.05. The second-order valence-electron chi connectivity index (χ2n) is 4.53. The third-order valence-corrected chi connectivity index (χ3v) is 4.56. The van der Waals surface area contributed by atoms with Crippen molar-refractivity contribution in [1.82, 2.24) is 4.83 Å². The summed E-state index contributed by atoms with van der Waals surface area (Å²) in [5, 5.41) is 4.11. The normalized spacial score (nSPS) is 11.6. The summed E-state index contributed by atoms with van der Waals surface area (Å²) in [5.41, 5.74) is 1.53. The Morgan fingerprint density at radius 1 is 1.18 bits per heavy atom. The van der Waals surface area contributed by atoms with Crippen molar-refractivity contribution in [2.24, 2.45) is 5.10 Å². The van der Waals surface area contributed by atoms with Crippen LogP contribution in [0.2, 0.25) is 5.02 Å². The number of hydrazone groups is 1. The molecule has 0 spiro atoms. The summed E-state index contributed by atoms with van der Waals surface area (Å²) in [5.74, 6) is 0.493. The summed E-state index contributed by atoms with van der Waals surface area (Å²) >= 11 is 6.10. The van der Waals surface area contributed by atoms with E-state index in [1.165, 1.54) is 25.5 Å². The summed E-state index contributed by atoms with van der Waals surface area (Å²) in [4.78, 5) is 2.30. The molecule has 0 bridgehead atoms. The van der Waals surface area contributed by atoms with E-state index in [9.17, 15) is 8.42 Å². The zero-order chi connectivity index (χ0) is 16.2. The molecule has 0 aliphatic rings. The van der Waals surface area contributed by atoms with E-state index < -0.39 is 10.0 Å². The van der Waals surface area contributed by atoms with Gasteiger partial charge in [0.05, 0.1) is 23.2 Å². The lowest BCUT2D eigenvalue weighted by Crippen LogP contribution is -2.18. The third kappa shape index (κ3) is 3.78. The quantitative estimate of drug-likeness (QED) is 0.673. The average Bonchev–Trinajstić information content (AvgIpc) is 2.49. The van der Waals surface area contributed by atoms with Gasteiger partial charge in [-0.1, -0.05) is 41.4 Å². The van der Waals surface area contributed by atoms with Crippen molar-refractivity contribution in [3.8, 4) is 5.75 Å². The van der Waals surface area contributed by atoms with Crippen molar-refractivity contribution < 1.29 is 13.2 Å². The summed E-state index contributed by atoms with van der Waals surface area (Å²) in [6.07, 6.45) is 1.33. The first-order valence-corrected chi connectivity index (χ1v) is 8.24. The van der Waals surface area contributed by atoms with Crippen LogP contribution in [0.4, 0.5) is 0 Å². The number of nitrogens with zero attached hydrogens (tertiary/aromatic N) is 1. The van der Waals surface area contributed by atoms with E-state index in [0.29, 0.717) is 16.3 Å². The second-order valence-corrected chi connectivity index (χ2v) is 6.57. The van der Waals surface area contributed by atoms with Gasteiger partial charge in [0.2, 0.25) is 0 Å². The molecule has 0 saturated heterocycles. The van der Waals surface area contributed by atoms with Gasteiger partial charge in [0.15, 0.2) is 0 Å². The maximum Gasteiger partial charge on any atom is 0.276 e. The van der Waals surface area contributed by atoms with Crippen molar-refractivity contribution in [3.63, 3.8) is 0 Å². The van der Waals surface area contributed by atoms with Crippen LogP contribution in [0.3, 0.4) is 0 Å². The Balaban J connectivity index is 2.17. The van der Waals surface area contributed by atoms with Gasteiger partial charge in [-0.05, 0) is 25.1 Å². The fourth-order valence-corrected chi connectivity index (χ4v) is 2.76. The van der Waals surface area contributed by atoms with E-state index in [1.54, 1.807) is 30.3 Å². The van der Waals surface area contributed by atoms with Crippen LogP contribution in [0.25, 0.3) is 0 Å².